The zero-order valence-electron chi connectivity index (χ0n) is 9.08. The van der Waals surface area contributed by atoms with Crippen molar-refractivity contribution in [1.82, 2.24) is 19.7 Å². The first-order valence-electron chi connectivity index (χ1n) is 4.85. The minimum Gasteiger partial charge on any atom is -0.469 e. The minimum absolute atomic E-state index is 0.626. The van der Waals surface area contributed by atoms with Crippen LogP contribution in [0.3, 0.4) is 0 Å². The molecule has 2 heterocycles. The number of aromatic nitrogens is 4. The maximum absolute atomic E-state index is 5.26. The van der Waals surface area contributed by atoms with E-state index in [0.717, 1.165) is 15.9 Å². The summed E-state index contributed by atoms with van der Waals surface area (Å²) in [5.41, 5.74) is 0. The molecule has 0 aliphatic rings. The smallest absolute Gasteiger partial charge is 0.294 e. The largest absolute Gasteiger partial charge is 0.469 e. The Morgan fingerprint density at radius 2 is 2.38 bits per heavy atom. The van der Waals surface area contributed by atoms with Crippen molar-refractivity contribution in [2.24, 2.45) is 7.05 Å². The van der Waals surface area contributed by atoms with E-state index in [-0.39, 0.29) is 0 Å². The zero-order chi connectivity index (χ0) is 11.4. The topological polar surface area (TPSA) is 52.8 Å². The second-order valence-electron chi connectivity index (χ2n) is 3.00. The standard InChI is InChI=1S/C9H12N4OS2/c1-3-14-9-12-11-7(16-9)6-15-8-10-4-5-13(8)2/h4-5H,3,6H2,1-2H3. The van der Waals surface area contributed by atoms with Gasteiger partial charge in [0, 0.05) is 19.4 Å². The van der Waals surface area contributed by atoms with Gasteiger partial charge in [0.15, 0.2) is 5.16 Å². The molecule has 0 aliphatic heterocycles. The molecule has 0 N–H and O–H groups in total. The van der Waals surface area contributed by atoms with Crippen LogP contribution in [0.15, 0.2) is 17.6 Å². The normalized spacial score (nSPS) is 10.6. The SMILES string of the molecule is CCOc1nnc(CSc2nccn2C)s1. The third-order valence-corrected chi connectivity index (χ3v) is 3.91. The van der Waals surface area contributed by atoms with E-state index in [4.69, 9.17) is 4.74 Å². The monoisotopic (exact) mass is 256 g/mol. The average Bonchev–Trinajstić information content (AvgIpc) is 2.86. The highest BCUT2D eigenvalue weighted by Gasteiger charge is 2.07. The van der Waals surface area contributed by atoms with Crippen molar-refractivity contribution in [3.63, 3.8) is 0 Å². The van der Waals surface area contributed by atoms with E-state index in [0.29, 0.717) is 11.8 Å². The lowest BCUT2D eigenvalue weighted by Gasteiger charge is -1.97. The summed E-state index contributed by atoms with van der Waals surface area (Å²) in [6.07, 6.45) is 3.71. The first kappa shape index (κ1) is 11.4. The molecule has 2 rings (SSSR count). The molecule has 0 radical (unpaired) electrons. The highest BCUT2D eigenvalue weighted by atomic mass is 32.2. The molecule has 86 valence electrons. The molecule has 2 aromatic rings. The van der Waals surface area contributed by atoms with Gasteiger partial charge in [-0.25, -0.2) is 4.98 Å². The van der Waals surface area contributed by atoms with Crippen molar-refractivity contribution in [2.75, 3.05) is 6.61 Å². The molecule has 0 fully saturated rings. The summed E-state index contributed by atoms with van der Waals surface area (Å²) in [6.45, 7) is 2.56. The Labute approximate surface area is 102 Å². The molecule has 0 bridgehead atoms. The van der Waals surface area contributed by atoms with Crippen LogP contribution in [0.4, 0.5) is 0 Å². The van der Waals surface area contributed by atoms with E-state index in [9.17, 15) is 0 Å². The molecule has 0 saturated carbocycles. The highest BCUT2D eigenvalue weighted by molar-refractivity contribution is 7.98. The quantitative estimate of drug-likeness (QED) is 0.765. The molecule has 0 unspecified atom stereocenters. The molecule has 7 heteroatoms. The van der Waals surface area contributed by atoms with Crippen molar-refractivity contribution < 1.29 is 4.74 Å². The van der Waals surface area contributed by atoms with Crippen LogP contribution in [0, 0.1) is 0 Å². The lowest BCUT2D eigenvalue weighted by molar-refractivity contribution is 0.335. The van der Waals surface area contributed by atoms with Crippen LogP contribution in [0.1, 0.15) is 11.9 Å². The summed E-state index contributed by atoms with van der Waals surface area (Å²) in [6, 6.07) is 0. The van der Waals surface area contributed by atoms with Crippen LogP contribution in [-0.2, 0) is 12.8 Å². The van der Waals surface area contributed by atoms with E-state index in [2.05, 4.69) is 15.2 Å². The summed E-state index contributed by atoms with van der Waals surface area (Å²) in [5.74, 6) is 0.773. The molecular formula is C9H12N4OS2. The second kappa shape index (κ2) is 5.31. The molecule has 5 nitrogen and oxygen atoms in total. The summed E-state index contributed by atoms with van der Waals surface area (Å²) in [7, 11) is 1.97. The van der Waals surface area contributed by atoms with Crippen LogP contribution in [0.2, 0.25) is 0 Å². The maximum Gasteiger partial charge on any atom is 0.294 e. The Balaban J connectivity index is 1.92. The van der Waals surface area contributed by atoms with Gasteiger partial charge in [-0.05, 0) is 6.92 Å². The predicted molar refractivity (Wildman–Crippen MR) is 63.8 cm³/mol. The van der Waals surface area contributed by atoms with E-state index in [1.807, 2.05) is 24.7 Å². The number of ether oxygens (including phenoxy) is 1. The van der Waals surface area contributed by atoms with Crippen molar-refractivity contribution in [3.05, 3.63) is 17.4 Å². The van der Waals surface area contributed by atoms with Gasteiger partial charge in [-0.2, -0.15) is 0 Å². The summed E-state index contributed by atoms with van der Waals surface area (Å²) >= 11 is 3.13. The Kier molecular flexibility index (Phi) is 3.79. The van der Waals surface area contributed by atoms with E-state index in [1.165, 1.54) is 11.3 Å². The first-order valence-corrected chi connectivity index (χ1v) is 6.65. The fraction of sp³-hybridized carbons (Fsp3) is 0.444. The third-order valence-electron chi connectivity index (χ3n) is 1.82. The van der Waals surface area contributed by atoms with Crippen LogP contribution >= 0.6 is 23.1 Å². The van der Waals surface area contributed by atoms with E-state index < -0.39 is 0 Å². The molecule has 0 aliphatic carbocycles. The third kappa shape index (κ3) is 2.73. The fourth-order valence-corrected chi connectivity index (χ4v) is 2.76. The van der Waals surface area contributed by atoms with Gasteiger partial charge in [0.1, 0.15) is 5.01 Å². The molecule has 0 atom stereocenters. The zero-order valence-corrected chi connectivity index (χ0v) is 10.7. The van der Waals surface area contributed by atoms with Gasteiger partial charge in [0.05, 0.1) is 12.4 Å². The van der Waals surface area contributed by atoms with Gasteiger partial charge >= 0.3 is 0 Å². The van der Waals surface area contributed by atoms with Gasteiger partial charge in [0.25, 0.3) is 5.19 Å². The minimum atomic E-state index is 0.626. The van der Waals surface area contributed by atoms with Crippen molar-refractivity contribution in [3.8, 4) is 5.19 Å². The Bertz CT molecular complexity index is 454. The van der Waals surface area contributed by atoms with Crippen LogP contribution in [0.25, 0.3) is 0 Å². The Morgan fingerprint density at radius 3 is 3.06 bits per heavy atom. The molecule has 0 amide bonds. The van der Waals surface area contributed by atoms with Gasteiger partial charge in [-0.3, -0.25) is 0 Å². The molecule has 0 spiro atoms. The fourth-order valence-electron chi connectivity index (χ4n) is 1.10. The first-order chi connectivity index (χ1) is 7.79. The number of hydrogen-bond donors (Lipinski definition) is 0. The van der Waals surface area contributed by atoms with Crippen LogP contribution in [0.5, 0.6) is 5.19 Å². The van der Waals surface area contributed by atoms with Gasteiger partial charge < -0.3 is 9.30 Å². The van der Waals surface area contributed by atoms with E-state index >= 15 is 0 Å². The van der Waals surface area contributed by atoms with Gasteiger partial charge in [-0.1, -0.05) is 23.1 Å². The number of aryl methyl sites for hydroxylation is 1. The highest BCUT2D eigenvalue weighted by Crippen LogP contribution is 2.25. The van der Waals surface area contributed by atoms with Crippen LogP contribution in [-0.4, -0.2) is 26.4 Å². The van der Waals surface area contributed by atoms with Crippen LogP contribution < -0.4 is 4.74 Å². The number of imidazole rings is 1. The lowest BCUT2D eigenvalue weighted by Crippen LogP contribution is -1.89. The Morgan fingerprint density at radius 1 is 1.50 bits per heavy atom. The second-order valence-corrected chi connectivity index (χ2v) is 4.97. The van der Waals surface area contributed by atoms with Gasteiger partial charge in [-0.15, -0.1) is 10.2 Å². The predicted octanol–water partition coefficient (Wildman–Crippen LogP) is 1.96. The Hall–Kier alpha value is -1.08. The molecule has 0 aromatic carbocycles. The number of thioether (sulfide) groups is 1. The van der Waals surface area contributed by atoms with Crippen molar-refractivity contribution >= 4 is 23.1 Å². The maximum atomic E-state index is 5.26. The summed E-state index contributed by atoms with van der Waals surface area (Å²) < 4.78 is 7.24. The van der Waals surface area contributed by atoms with E-state index in [1.54, 1.807) is 18.0 Å². The number of nitrogens with zero attached hydrogens (tertiary/aromatic N) is 4. The lowest BCUT2D eigenvalue weighted by atomic mass is 10.9. The number of hydrogen-bond acceptors (Lipinski definition) is 6. The average molecular weight is 256 g/mol. The summed E-state index contributed by atoms with van der Waals surface area (Å²) in [4.78, 5) is 4.23. The molecule has 2 aromatic heterocycles. The van der Waals surface area contributed by atoms with Crippen molar-refractivity contribution in [2.45, 2.75) is 17.8 Å². The van der Waals surface area contributed by atoms with Crippen molar-refractivity contribution in [1.29, 1.82) is 0 Å². The molecule has 0 saturated heterocycles. The molecule has 16 heavy (non-hydrogen) atoms. The summed E-state index contributed by atoms with van der Waals surface area (Å²) in [5, 5.41) is 10.6. The number of rotatable bonds is 5. The van der Waals surface area contributed by atoms with Gasteiger partial charge in [0.2, 0.25) is 0 Å². The molecular weight excluding hydrogens is 244 g/mol.